The van der Waals surface area contributed by atoms with E-state index in [0.29, 0.717) is 17.9 Å². The van der Waals surface area contributed by atoms with Crippen LogP contribution in [0.3, 0.4) is 0 Å². The SMILES string of the molecule is Cc1cc([N+](=O)[O-])cnc1NCc1ccc(O)cc1. The summed E-state index contributed by atoms with van der Waals surface area (Å²) in [5, 5.41) is 22.9. The molecular weight excluding hydrogens is 246 g/mol. The van der Waals surface area contributed by atoms with Gasteiger partial charge >= 0.3 is 0 Å². The van der Waals surface area contributed by atoms with E-state index >= 15 is 0 Å². The van der Waals surface area contributed by atoms with Crippen LogP contribution >= 0.6 is 0 Å². The number of aromatic hydroxyl groups is 1. The molecule has 1 aromatic heterocycles. The molecule has 1 aromatic carbocycles. The smallest absolute Gasteiger partial charge is 0.287 e. The highest BCUT2D eigenvalue weighted by Gasteiger charge is 2.09. The fourth-order valence-corrected chi connectivity index (χ4v) is 1.64. The van der Waals surface area contributed by atoms with Crippen molar-refractivity contribution in [1.82, 2.24) is 4.98 Å². The lowest BCUT2D eigenvalue weighted by atomic mass is 10.2. The Morgan fingerprint density at radius 2 is 2.05 bits per heavy atom. The number of pyridine rings is 1. The Kier molecular flexibility index (Phi) is 3.61. The van der Waals surface area contributed by atoms with Crippen molar-refractivity contribution in [2.75, 3.05) is 5.32 Å². The molecule has 98 valence electrons. The number of nitrogens with zero attached hydrogens (tertiary/aromatic N) is 2. The summed E-state index contributed by atoms with van der Waals surface area (Å²) in [4.78, 5) is 14.2. The average molecular weight is 259 g/mol. The Bertz CT molecular complexity index is 597. The largest absolute Gasteiger partial charge is 0.508 e. The van der Waals surface area contributed by atoms with Crippen molar-refractivity contribution >= 4 is 11.5 Å². The summed E-state index contributed by atoms with van der Waals surface area (Å²) in [6.07, 6.45) is 1.23. The molecule has 0 spiro atoms. The number of phenols is 1. The van der Waals surface area contributed by atoms with Gasteiger partial charge in [0.05, 0.1) is 4.92 Å². The van der Waals surface area contributed by atoms with Gasteiger partial charge in [-0.05, 0) is 30.2 Å². The predicted octanol–water partition coefficient (Wildman–Crippen LogP) is 2.62. The number of aryl methyl sites for hydroxylation is 1. The maximum absolute atomic E-state index is 10.6. The number of hydrogen-bond donors (Lipinski definition) is 2. The molecule has 2 N–H and O–H groups in total. The van der Waals surface area contributed by atoms with E-state index in [9.17, 15) is 15.2 Å². The predicted molar refractivity (Wildman–Crippen MR) is 71.1 cm³/mol. The Morgan fingerprint density at radius 3 is 2.63 bits per heavy atom. The van der Waals surface area contributed by atoms with E-state index in [4.69, 9.17) is 0 Å². The Labute approximate surface area is 109 Å². The van der Waals surface area contributed by atoms with Gasteiger partial charge in [-0.25, -0.2) is 4.98 Å². The van der Waals surface area contributed by atoms with E-state index in [1.54, 1.807) is 31.2 Å². The van der Waals surface area contributed by atoms with Crippen LogP contribution < -0.4 is 5.32 Å². The minimum absolute atomic E-state index is 0.0207. The monoisotopic (exact) mass is 259 g/mol. The lowest BCUT2D eigenvalue weighted by Crippen LogP contribution is -2.03. The van der Waals surface area contributed by atoms with Gasteiger partial charge in [-0.3, -0.25) is 10.1 Å². The number of aromatic nitrogens is 1. The third-order valence-electron chi connectivity index (χ3n) is 2.67. The van der Waals surface area contributed by atoms with Gasteiger partial charge in [-0.15, -0.1) is 0 Å². The van der Waals surface area contributed by atoms with Crippen LogP contribution in [0.5, 0.6) is 5.75 Å². The van der Waals surface area contributed by atoms with Crippen molar-refractivity contribution in [1.29, 1.82) is 0 Å². The minimum atomic E-state index is -0.468. The second-order valence-electron chi connectivity index (χ2n) is 4.14. The van der Waals surface area contributed by atoms with Gasteiger partial charge in [0.25, 0.3) is 5.69 Å². The molecule has 0 amide bonds. The summed E-state index contributed by atoms with van der Waals surface area (Å²) < 4.78 is 0. The highest BCUT2D eigenvalue weighted by Crippen LogP contribution is 2.19. The summed E-state index contributed by atoms with van der Waals surface area (Å²) in [6, 6.07) is 8.28. The fourth-order valence-electron chi connectivity index (χ4n) is 1.64. The second-order valence-corrected chi connectivity index (χ2v) is 4.14. The number of phenolic OH excluding ortho intramolecular Hbond substituents is 1. The van der Waals surface area contributed by atoms with Crippen LogP contribution in [0.2, 0.25) is 0 Å². The molecule has 0 atom stereocenters. The van der Waals surface area contributed by atoms with E-state index in [-0.39, 0.29) is 11.4 Å². The van der Waals surface area contributed by atoms with Crippen molar-refractivity contribution in [3.63, 3.8) is 0 Å². The molecule has 0 aliphatic rings. The van der Waals surface area contributed by atoms with Crippen LogP contribution in [0.1, 0.15) is 11.1 Å². The number of nitro groups is 1. The van der Waals surface area contributed by atoms with Crippen LogP contribution in [0, 0.1) is 17.0 Å². The van der Waals surface area contributed by atoms with Crippen LogP contribution in [-0.2, 0) is 6.54 Å². The van der Waals surface area contributed by atoms with Crippen molar-refractivity contribution in [3.05, 3.63) is 57.8 Å². The third-order valence-corrected chi connectivity index (χ3v) is 2.67. The molecule has 2 rings (SSSR count). The molecule has 6 nitrogen and oxygen atoms in total. The van der Waals surface area contributed by atoms with Crippen molar-refractivity contribution in [2.24, 2.45) is 0 Å². The fraction of sp³-hybridized carbons (Fsp3) is 0.154. The second kappa shape index (κ2) is 5.34. The van der Waals surface area contributed by atoms with E-state index < -0.39 is 4.92 Å². The van der Waals surface area contributed by atoms with Crippen molar-refractivity contribution in [2.45, 2.75) is 13.5 Å². The van der Waals surface area contributed by atoms with E-state index in [0.717, 1.165) is 5.56 Å². The molecule has 0 aliphatic heterocycles. The van der Waals surface area contributed by atoms with E-state index in [1.807, 2.05) is 0 Å². The summed E-state index contributed by atoms with van der Waals surface area (Å²) in [5.74, 6) is 0.826. The molecule has 6 heteroatoms. The Morgan fingerprint density at radius 1 is 1.37 bits per heavy atom. The van der Waals surface area contributed by atoms with Crippen LogP contribution in [0.4, 0.5) is 11.5 Å². The average Bonchev–Trinajstić information content (AvgIpc) is 2.39. The molecule has 0 aliphatic carbocycles. The molecule has 0 bridgehead atoms. The van der Waals surface area contributed by atoms with Crippen LogP contribution in [0.15, 0.2) is 36.5 Å². The van der Waals surface area contributed by atoms with Gasteiger partial charge in [0.15, 0.2) is 0 Å². The number of hydrogen-bond acceptors (Lipinski definition) is 5. The van der Waals surface area contributed by atoms with Crippen LogP contribution in [0.25, 0.3) is 0 Å². The molecule has 19 heavy (non-hydrogen) atoms. The van der Waals surface area contributed by atoms with Gasteiger partial charge in [0, 0.05) is 12.6 Å². The van der Waals surface area contributed by atoms with Gasteiger partial charge in [-0.2, -0.15) is 0 Å². The molecule has 2 aromatic rings. The van der Waals surface area contributed by atoms with Crippen LogP contribution in [-0.4, -0.2) is 15.0 Å². The molecule has 1 heterocycles. The molecule has 0 unspecified atom stereocenters. The topological polar surface area (TPSA) is 88.3 Å². The van der Waals surface area contributed by atoms with Gasteiger partial charge in [-0.1, -0.05) is 12.1 Å². The first-order valence-electron chi connectivity index (χ1n) is 5.69. The molecule has 0 fully saturated rings. The number of anilines is 1. The highest BCUT2D eigenvalue weighted by atomic mass is 16.6. The molecule has 0 saturated heterocycles. The minimum Gasteiger partial charge on any atom is -0.508 e. The van der Waals surface area contributed by atoms with Gasteiger partial charge in [0.2, 0.25) is 0 Å². The van der Waals surface area contributed by atoms with Gasteiger partial charge < -0.3 is 10.4 Å². The lowest BCUT2D eigenvalue weighted by Gasteiger charge is -2.08. The number of benzene rings is 1. The molecule has 0 radical (unpaired) electrons. The zero-order valence-corrected chi connectivity index (χ0v) is 10.3. The Balaban J connectivity index is 2.07. The van der Waals surface area contributed by atoms with E-state index in [1.165, 1.54) is 12.3 Å². The first kappa shape index (κ1) is 12.8. The maximum atomic E-state index is 10.6. The number of rotatable bonds is 4. The van der Waals surface area contributed by atoms with Crippen molar-refractivity contribution < 1.29 is 10.0 Å². The standard InChI is InChI=1S/C13H13N3O3/c1-9-6-11(16(18)19)8-15-13(9)14-7-10-2-4-12(17)5-3-10/h2-6,8,17H,7H2,1H3,(H,14,15). The maximum Gasteiger partial charge on any atom is 0.287 e. The summed E-state index contributed by atoms with van der Waals surface area (Å²) in [7, 11) is 0. The van der Waals surface area contributed by atoms with Crippen molar-refractivity contribution in [3.8, 4) is 5.75 Å². The zero-order chi connectivity index (χ0) is 13.8. The van der Waals surface area contributed by atoms with Gasteiger partial charge in [0.1, 0.15) is 17.8 Å². The first-order valence-corrected chi connectivity index (χ1v) is 5.69. The number of nitrogens with one attached hydrogen (secondary N) is 1. The Hall–Kier alpha value is -2.63. The summed E-state index contributed by atoms with van der Waals surface area (Å²) in [5.41, 5.74) is 1.68. The molecule has 0 saturated carbocycles. The summed E-state index contributed by atoms with van der Waals surface area (Å²) in [6.45, 7) is 2.30. The quantitative estimate of drug-likeness (QED) is 0.650. The molecular formula is C13H13N3O3. The first-order chi connectivity index (χ1) is 9.06. The summed E-state index contributed by atoms with van der Waals surface area (Å²) >= 11 is 0. The highest BCUT2D eigenvalue weighted by molar-refractivity contribution is 5.48. The lowest BCUT2D eigenvalue weighted by molar-refractivity contribution is -0.385. The normalized spacial score (nSPS) is 10.2. The third kappa shape index (κ3) is 3.19. The van der Waals surface area contributed by atoms with E-state index in [2.05, 4.69) is 10.3 Å². The zero-order valence-electron chi connectivity index (χ0n) is 10.3.